The van der Waals surface area contributed by atoms with Crippen LogP contribution in [0.4, 0.5) is 0 Å². The van der Waals surface area contributed by atoms with Crippen LogP contribution in [0.5, 0.6) is 0 Å². The average Bonchev–Trinajstić information content (AvgIpc) is 3.17. The van der Waals surface area contributed by atoms with E-state index < -0.39 is 18.3 Å². The molecule has 6 atom stereocenters. The molecule has 0 aliphatic carbocycles. The van der Waals surface area contributed by atoms with Gasteiger partial charge >= 0.3 is 0 Å². The first-order chi connectivity index (χ1) is 26.1. The van der Waals surface area contributed by atoms with Gasteiger partial charge in [0.1, 0.15) is 0 Å². The summed E-state index contributed by atoms with van der Waals surface area (Å²) >= 11 is 0. The average molecular weight is 807 g/mol. The Balaban J connectivity index is -0.0000000998. The van der Waals surface area contributed by atoms with Crippen molar-refractivity contribution in [2.75, 3.05) is 92.0 Å². The molecular formula is C42H102N4O9. The highest BCUT2D eigenvalue weighted by molar-refractivity contribution is 4.53. The molecule has 0 radical (unpaired) electrons. The Bertz CT molecular complexity index is 515. The largest absolute Gasteiger partial charge is 0.394 e. The van der Waals surface area contributed by atoms with Gasteiger partial charge in [-0.15, -0.1) is 0 Å². The summed E-state index contributed by atoms with van der Waals surface area (Å²) in [7, 11) is 0. The van der Waals surface area contributed by atoms with Crippen molar-refractivity contribution in [3.63, 3.8) is 0 Å². The molecule has 0 rings (SSSR count). The van der Waals surface area contributed by atoms with E-state index in [1.165, 1.54) is 111 Å². The molecule has 0 heterocycles. The van der Waals surface area contributed by atoms with Gasteiger partial charge in [0.05, 0.1) is 76.3 Å². The van der Waals surface area contributed by atoms with Gasteiger partial charge in [-0.25, -0.2) is 0 Å². The third-order valence-corrected chi connectivity index (χ3v) is 6.05. The second-order valence-corrected chi connectivity index (χ2v) is 13.5. The number of rotatable bonds is 28. The van der Waals surface area contributed by atoms with Crippen LogP contribution in [-0.2, 0) is 14.2 Å². The lowest BCUT2D eigenvalue weighted by Crippen LogP contribution is -2.24. The van der Waals surface area contributed by atoms with E-state index in [-0.39, 0.29) is 38.1 Å². The van der Waals surface area contributed by atoms with Crippen molar-refractivity contribution in [2.24, 2.45) is 0 Å². The molecule has 13 nitrogen and oxygen atoms in total. The van der Waals surface area contributed by atoms with Crippen molar-refractivity contribution in [3.05, 3.63) is 0 Å². The Labute approximate surface area is 342 Å². The number of nitrogens with one attached hydrogen (secondary N) is 4. The molecule has 0 amide bonds. The van der Waals surface area contributed by atoms with Crippen LogP contribution in [0.25, 0.3) is 0 Å². The van der Waals surface area contributed by atoms with Gasteiger partial charge in [0.25, 0.3) is 0 Å². The van der Waals surface area contributed by atoms with E-state index in [2.05, 4.69) is 76.7 Å². The number of aliphatic hydroxyl groups is 6. The van der Waals surface area contributed by atoms with Crippen molar-refractivity contribution in [1.82, 2.24) is 21.3 Å². The highest BCUT2D eigenvalue weighted by Crippen LogP contribution is 1.97. The summed E-state index contributed by atoms with van der Waals surface area (Å²) in [5.74, 6) is 0. The SMILES string of the molecule is CC(O)CO.CC(O)COC(C)CO.CC(O)COC(C)COC(C)CO.CCCNCCC.CCCNCCC.CCCNCCC.CCCNCCC. The molecule has 344 valence electrons. The van der Waals surface area contributed by atoms with E-state index in [1.807, 2.05) is 6.92 Å². The molecule has 0 bridgehead atoms. The van der Waals surface area contributed by atoms with E-state index >= 15 is 0 Å². The van der Waals surface area contributed by atoms with Gasteiger partial charge in [-0.05, 0) is 145 Å². The van der Waals surface area contributed by atoms with E-state index in [0.29, 0.717) is 19.8 Å². The Hall–Kier alpha value is -0.520. The molecule has 55 heavy (non-hydrogen) atoms. The van der Waals surface area contributed by atoms with E-state index in [4.69, 9.17) is 44.8 Å². The zero-order chi connectivity index (χ0) is 44.0. The smallest absolute Gasteiger partial charge is 0.0781 e. The van der Waals surface area contributed by atoms with E-state index in [1.54, 1.807) is 27.7 Å². The lowest BCUT2D eigenvalue weighted by Gasteiger charge is -2.16. The number of aliphatic hydroxyl groups excluding tert-OH is 6. The third kappa shape index (κ3) is 107. The zero-order valence-electron chi connectivity index (χ0n) is 38.9. The minimum Gasteiger partial charge on any atom is -0.394 e. The second-order valence-electron chi connectivity index (χ2n) is 13.5. The van der Waals surface area contributed by atoms with Crippen LogP contribution in [0.2, 0.25) is 0 Å². The van der Waals surface area contributed by atoms with Crippen LogP contribution in [-0.4, -0.2) is 159 Å². The molecule has 10 N–H and O–H groups in total. The van der Waals surface area contributed by atoms with Gasteiger partial charge in [0, 0.05) is 0 Å². The molecule has 0 aromatic heterocycles. The van der Waals surface area contributed by atoms with Crippen LogP contribution in [0.15, 0.2) is 0 Å². The van der Waals surface area contributed by atoms with Crippen molar-refractivity contribution in [1.29, 1.82) is 0 Å². The monoisotopic (exact) mass is 807 g/mol. The van der Waals surface area contributed by atoms with Crippen LogP contribution < -0.4 is 21.3 Å². The summed E-state index contributed by atoms with van der Waals surface area (Å²) in [6.07, 6.45) is 8.17. The topological polar surface area (TPSA) is 197 Å². The van der Waals surface area contributed by atoms with Crippen LogP contribution >= 0.6 is 0 Å². The molecule has 0 aliphatic rings. The summed E-state index contributed by atoms with van der Waals surface area (Å²) in [5.41, 5.74) is 0. The maximum atomic E-state index is 8.92. The summed E-state index contributed by atoms with van der Waals surface area (Å²) in [6.45, 7) is 38.0. The summed E-state index contributed by atoms with van der Waals surface area (Å²) in [5, 5.41) is 63.9. The van der Waals surface area contributed by atoms with Crippen molar-refractivity contribution in [3.8, 4) is 0 Å². The number of ether oxygens (including phenoxy) is 3. The first-order valence-corrected chi connectivity index (χ1v) is 21.7. The van der Waals surface area contributed by atoms with Gasteiger partial charge in [-0.3, -0.25) is 0 Å². The molecule has 0 saturated heterocycles. The summed E-state index contributed by atoms with van der Waals surface area (Å²) in [4.78, 5) is 0. The Morgan fingerprint density at radius 2 is 0.527 bits per heavy atom. The molecule has 0 saturated carbocycles. The summed E-state index contributed by atoms with van der Waals surface area (Å²) in [6, 6.07) is 0. The van der Waals surface area contributed by atoms with Crippen LogP contribution in [0, 0.1) is 0 Å². The fraction of sp³-hybridized carbons (Fsp3) is 1.00. The Morgan fingerprint density at radius 3 is 0.691 bits per heavy atom. The van der Waals surface area contributed by atoms with Crippen molar-refractivity contribution >= 4 is 0 Å². The van der Waals surface area contributed by atoms with Gasteiger partial charge in [0.15, 0.2) is 0 Å². The van der Waals surface area contributed by atoms with Crippen molar-refractivity contribution < 1.29 is 44.8 Å². The number of hydrogen-bond acceptors (Lipinski definition) is 13. The highest BCUT2D eigenvalue weighted by atomic mass is 16.5. The normalized spacial score (nSPS) is 13.3. The quantitative estimate of drug-likeness (QED) is 0.0481. The van der Waals surface area contributed by atoms with E-state index in [9.17, 15) is 0 Å². The highest BCUT2D eigenvalue weighted by Gasteiger charge is 2.07. The van der Waals surface area contributed by atoms with Crippen molar-refractivity contribution in [2.45, 2.75) is 185 Å². The lowest BCUT2D eigenvalue weighted by molar-refractivity contribution is -0.0620. The minimum absolute atomic E-state index is 0.00667. The fourth-order valence-electron chi connectivity index (χ4n) is 2.97. The van der Waals surface area contributed by atoms with E-state index in [0.717, 1.165) is 0 Å². The van der Waals surface area contributed by atoms with Gasteiger partial charge < -0.3 is 66.1 Å². The first-order valence-electron chi connectivity index (χ1n) is 21.7. The molecule has 13 heteroatoms. The van der Waals surface area contributed by atoms with Crippen LogP contribution in [0.1, 0.15) is 148 Å². The predicted octanol–water partition coefficient (Wildman–Crippen LogP) is 4.88. The Morgan fingerprint density at radius 1 is 0.327 bits per heavy atom. The van der Waals surface area contributed by atoms with Gasteiger partial charge in [-0.2, -0.15) is 0 Å². The Kier molecular flexibility index (Phi) is 85.7. The molecule has 0 fully saturated rings. The van der Waals surface area contributed by atoms with Gasteiger partial charge in [-0.1, -0.05) is 55.4 Å². The fourth-order valence-corrected chi connectivity index (χ4v) is 2.97. The van der Waals surface area contributed by atoms with Crippen LogP contribution in [0.3, 0.4) is 0 Å². The zero-order valence-corrected chi connectivity index (χ0v) is 38.9. The molecule has 6 unspecified atom stereocenters. The first kappa shape index (κ1) is 69.1. The molecule has 0 spiro atoms. The maximum Gasteiger partial charge on any atom is 0.0781 e. The molecule has 0 aromatic carbocycles. The third-order valence-electron chi connectivity index (χ3n) is 6.05. The predicted molar refractivity (Wildman–Crippen MR) is 236 cm³/mol. The standard InChI is InChI=1S/C9H20O4.4C6H15N.C6H14O3.C3H8O2/c1-7(11)5-12-9(3)6-13-8(2)4-10;4*1-3-5-7-6-4-2;1-5(8)4-9-6(2)3-7;1-3(5)2-4/h7-11H,4-6H2,1-3H3;4*7H,3-6H2,1-2H3;5-8H,3-4H2,1-2H3;3-5H,2H2,1H3. The minimum atomic E-state index is -0.560. The van der Waals surface area contributed by atoms with Gasteiger partial charge in [0.2, 0.25) is 0 Å². The number of hydrogen-bond donors (Lipinski definition) is 10. The molecule has 0 aliphatic heterocycles. The summed E-state index contributed by atoms with van der Waals surface area (Å²) < 4.78 is 15.4. The maximum absolute atomic E-state index is 8.92. The molecular weight excluding hydrogens is 704 g/mol. The lowest BCUT2D eigenvalue weighted by atomic mass is 10.4. The molecule has 0 aromatic rings. The second kappa shape index (κ2) is 68.2.